The molecule has 0 bridgehead atoms. The van der Waals surface area contributed by atoms with Crippen molar-refractivity contribution in [3.8, 4) is 0 Å². The van der Waals surface area contributed by atoms with Gasteiger partial charge < -0.3 is 5.32 Å². The van der Waals surface area contributed by atoms with Gasteiger partial charge in [-0.25, -0.2) is 13.4 Å². The van der Waals surface area contributed by atoms with Crippen molar-refractivity contribution < 1.29 is 8.42 Å². The maximum atomic E-state index is 11.2. The third kappa shape index (κ3) is 6.57. The molecule has 1 rings (SSSR count). The van der Waals surface area contributed by atoms with E-state index in [1.807, 2.05) is 0 Å². The highest BCUT2D eigenvalue weighted by molar-refractivity contribution is 7.90. The van der Waals surface area contributed by atoms with Crippen LogP contribution in [-0.2, 0) is 9.84 Å². The Labute approximate surface area is 116 Å². The van der Waals surface area contributed by atoms with Crippen LogP contribution in [0.5, 0.6) is 0 Å². The molecule has 0 aliphatic rings. The molecule has 5 heteroatoms. The summed E-state index contributed by atoms with van der Waals surface area (Å²) in [6.07, 6.45) is 10.3. The lowest BCUT2D eigenvalue weighted by Crippen LogP contribution is -2.04. The van der Waals surface area contributed by atoms with Gasteiger partial charge in [0.1, 0.15) is 0 Å². The zero-order valence-electron chi connectivity index (χ0n) is 11.9. The normalized spacial score (nSPS) is 11.5. The molecule has 0 unspecified atom stereocenters. The van der Waals surface area contributed by atoms with Crippen molar-refractivity contribution in [2.75, 3.05) is 18.1 Å². The Bertz CT molecular complexity index is 455. The summed E-state index contributed by atoms with van der Waals surface area (Å²) in [5, 5.41) is 3.38. The van der Waals surface area contributed by atoms with Crippen LogP contribution in [0.15, 0.2) is 23.4 Å². The SMILES string of the molecule is CCCCCCCCNc1ccc(S(C)(=O)=O)nc1. The van der Waals surface area contributed by atoms with Crippen molar-refractivity contribution in [2.45, 2.75) is 50.5 Å². The molecule has 0 radical (unpaired) electrons. The van der Waals surface area contributed by atoms with Crippen molar-refractivity contribution in [3.05, 3.63) is 18.3 Å². The van der Waals surface area contributed by atoms with E-state index < -0.39 is 9.84 Å². The van der Waals surface area contributed by atoms with Gasteiger partial charge in [-0.05, 0) is 18.6 Å². The highest BCUT2D eigenvalue weighted by Crippen LogP contribution is 2.11. The molecule has 1 N–H and O–H groups in total. The maximum absolute atomic E-state index is 11.2. The largest absolute Gasteiger partial charge is 0.384 e. The van der Waals surface area contributed by atoms with Gasteiger partial charge in [-0.3, -0.25) is 0 Å². The molecule has 0 aliphatic heterocycles. The van der Waals surface area contributed by atoms with E-state index in [0.717, 1.165) is 18.7 Å². The second-order valence-corrected chi connectivity index (χ2v) is 6.81. The second kappa shape index (κ2) is 8.15. The number of anilines is 1. The third-order valence-corrected chi connectivity index (χ3v) is 3.98. The fraction of sp³-hybridized carbons (Fsp3) is 0.643. The third-order valence-electron chi connectivity index (χ3n) is 2.98. The molecule has 0 saturated heterocycles. The quantitative estimate of drug-likeness (QED) is 0.707. The smallest absolute Gasteiger partial charge is 0.192 e. The van der Waals surface area contributed by atoms with Crippen LogP contribution in [0.25, 0.3) is 0 Å². The Hall–Kier alpha value is -1.10. The summed E-state index contributed by atoms with van der Waals surface area (Å²) in [6.45, 7) is 3.13. The van der Waals surface area contributed by atoms with E-state index >= 15 is 0 Å². The first-order valence-corrected chi connectivity index (χ1v) is 8.83. The Morgan fingerprint density at radius 3 is 2.37 bits per heavy atom. The van der Waals surface area contributed by atoms with E-state index in [1.54, 1.807) is 18.3 Å². The number of hydrogen-bond acceptors (Lipinski definition) is 4. The summed E-state index contributed by atoms with van der Waals surface area (Å²) in [5.74, 6) is 0. The molecule has 1 aromatic heterocycles. The summed E-state index contributed by atoms with van der Waals surface area (Å²) < 4.78 is 22.5. The number of hydrogen-bond donors (Lipinski definition) is 1. The molecular weight excluding hydrogens is 260 g/mol. The minimum Gasteiger partial charge on any atom is -0.384 e. The van der Waals surface area contributed by atoms with Crippen molar-refractivity contribution in [1.29, 1.82) is 0 Å². The van der Waals surface area contributed by atoms with E-state index in [0.29, 0.717) is 0 Å². The fourth-order valence-corrected chi connectivity index (χ4v) is 2.40. The molecule has 0 saturated carbocycles. The van der Waals surface area contributed by atoms with E-state index in [4.69, 9.17) is 0 Å². The lowest BCUT2D eigenvalue weighted by Gasteiger charge is -2.06. The lowest BCUT2D eigenvalue weighted by atomic mass is 10.1. The highest BCUT2D eigenvalue weighted by Gasteiger charge is 2.07. The molecular formula is C14H24N2O2S. The van der Waals surface area contributed by atoms with Crippen LogP contribution in [0, 0.1) is 0 Å². The topological polar surface area (TPSA) is 59.1 Å². The Kier molecular flexibility index (Phi) is 6.84. The van der Waals surface area contributed by atoms with Crippen LogP contribution in [-0.4, -0.2) is 26.2 Å². The van der Waals surface area contributed by atoms with Crippen LogP contribution in [0.1, 0.15) is 45.4 Å². The van der Waals surface area contributed by atoms with Crippen molar-refractivity contribution in [2.24, 2.45) is 0 Å². The number of pyridine rings is 1. The summed E-state index contributed by atoms with van der Waals surface area (Å²) in [4.78, 5) is 3.94. The van der Waals surface area contributed by atoms with E-state index in [-0.39, 0.29) is 5.03 Å². The molecule has 0 atom stereocenters. The molecule has 0 fully saturated rings. The van der Waals surface area contributed by atoms with Gasteiger partial charge in [0.05, 0.1) is 11.9 Å². The van der Waals surface area contributed by atoms with E-state index in [2.05, 4.69) is 17.2 Å². The van der Waals surface area contributed by atoms with Gasteiger partial charge >= 0.3 is 0 Å². The van der Waals surface area contributed by atoms with E-state index in [1.165, 1.54) is 38.4 Å². The first kappa shape index (κ1) is 16.0. The fourth-order valence-electron chi connectivity index (χ4n) is 1.84. The second-order valence-electron chi connectivity index (χ2n) is 4.85. The molecule has 1 heterocycles. The minimum absolute atomic E-state index is 0.123. The van der Waals surface area contributed by atoms with Crippen molar-refractivity contribution >= 4 is 15.5 Å². The van der Waals surface area contributed by atoms with Crippen LogP contribution >= 0.6 is 0 Å². The van der Waals surface area contributed by atoms with Gasteiger partial charge in [0.15, 0.2) is 14.9 Å². The van der Waals surface area contributed by atoms with E-state index in [9.17, 15) is 8.42 Å². The summed E-state index contributed by atoms with van der Waals surface area (Å²) in [7, 11) is -3.20. The van der Waals surface area contributed by atoms with Crippen LogP contribution in [0.2, 0.25) is 0 Å². The zero-order chi connectivity index (χ0) is 14.1. The maximum Gasteiger partial charge on any atom is 0.192 e. The average Bonchev–Trinajstić information content (AvgIpc) is 2.37. The zero-order valence-corrected chi connectivity index (χ0v) is 12.7. The predicted octanol–water partition coefficient (Wildman–Crippen LogP) is 3.26. The van der Waals surface area contributed by atoms with Crippen LogP contribution in [0.4, 0.5) is 5.69 Å². The standard InChI is InChI=1S/C14H24N2O2S/c1-3-4-5-6-7-8-11-15-13-9-10-14(16-12-13)19(2,17)18/h9-10,12,15H,3-8,11H2,1-2H3. The van der Waals surface area contributed by atoms with Gasteiger partial charge in [-0.1, -0.05) is 39.0 Å². The minimum atomic E-state index is -3.20. The van der Waals surface area contributed by atoms with Gasteiger partial charge in [0, 0.05) is 12.8 Å². The molecule has 108 valence electrons. The molecule has 4 nitrogen and oxygen atoms in total. The monoisotopic (exact) mass is 284 g/mol. The Balaban J connectivity index is 2.23. The predicted molar refractivity (Wildman–Crippen MR) is 79.2 cm³/mol. The van der Waals surface area contributed by atoms with Gasteiger partial charge in [0.25, 0.3) is 0 Å². The first-order valence-electron chi connectivity index (χ1n) is 6.94. The van der Waals surface area contributed by atoms with Gasteiger partial charge in [0.2, 0.25) is 0 Å². The Morgan fingerprint density at radius 2 is 1.79 bits per heavy atom. The molecule has 19 heavy (non-hydrogen) atoms. The van der Waals surface area contributed by atoms with Gasteiger partial charge in [-0.2, -0.15) is 0 Å². The number of unbranched alkanes of at least 4 members (excludes halogenated alkanes) is 5. The number of sulfone groups is 1. The molecule has 0 amide bonds. The number of aromatic nitrogens is 1. The molecule has 0 aliphatic carbocycles. The summed E-state index contributed by atoms with van der Waals surface area (Å²) in [5.41, 5.74) is 0.876. The lowest BCUT2D eigenvalue weighted by molar-refractivity contribution is 0.598. The number of nitrogens with zero attached hydrogens (tertiary/aromatic N) is 1. The van der Waals surface area contributed by atoms with Crippen LogP contribution in [0.3, 0.4) is 0 Å². The summed E-state index contributed by atoms with van der Waals surface area (Å²) >= 11 is 0. The van der Waals surface area contributed by atoms with Gasteiger partial charge in [-0.15, -0.1) is 0 Å². The molecule has 0 spiro atoms. The average molecular weight is 284 g/mol. The summed E-state index contributed by atoms with van der Waals surface area (Å²) in [6, 6.07) is 3.30. The highest BCUT2D eigenvalue weighted by atomic mass is 32.2. The van der Waals surface area contributed by atoms with Crippen molar-refractivity contribution in [1.82, 2.24) is 4.98 Å². The van der Waals surface area contributed by atoms with Crippen molar-refractivity contribution in [3.63, 3.8) is 0 Å². The molecule has 0 aromatic carbocycles. The van der Waals surface area contributed by atoms with Crippen LogP contribution < -0.4 is 5.32 Å². The first-order chi connectivity index (χ1) is 9.04. The number of nitrogens with one attached hydrogen (secondary N) is 1. The molecule has 1 aromatic rings. The number of rotatable bonds is 9. The Morgan fingerprint density at radius 1 is 1.11 bits per heavy atom.